The molecule has 2 fully saturated rings. The zero-order valence-corrected chi connectivity index (χ0v) is 19.9. The first-order valence-corrected chi connectivity index (χ1v) is 13.0. The molecule has 0 aliphatic heterocycles. The third-order valence-corrected chi connectivity index (χ3v) is 9.92. The van der Waals surface area contributed by atoms with E-state index in [1.54, 1.807) is 12.5 Å². The lowest BCUT2D eigenvalue weighted by molar-refractivity contribution is 0.102. The van der Waals surface area contributed by atoms with Crippen molar-refractivity contribution in [2.75, 3.05) is 5.32 Å². The zero-order valence-electron chi connectivity index (χ0n) is 18.3. The van der Waals surface area contributed by atoms with Crippen LogP contribution >= 0.6 is 11.6 Å². The van der Waals surface area contributed by atoms with Crippen molar-refractivity contribution in [1.29, 1.82) is 0 Å². The van der Waals surface area contributed by atoms with Crippen LogP contribution in [0.5, 0.6) is 0 Å². The maximum atomic E-state index is 13.7. The molecule has 2 aromatic carbocycles. The molecule has 11 heteroatoms. The predicted molar refractivity (Wildman–Crippen MR) is 123 cm³/mol. The van der Waals surface area contributed by atoms with E-state index in [-0.39, 0.29) is 38.9 Å². The summed E-state index contributed by atoms with van der Waals surface area (Å²) in [7, 11) is -3.87. The Bertz CT molecular complexity index is 1380. The minimum Gasteiger partial charge on any atom is -0.337 e. The summed E-state index contributed by atoms with van der Waals surface area (Å²) in [5.74, 6) is -5.22. The van der Waals surface area contributed by atoms with Crippen molar-refractivity contribution < 1.29 is 26.4 Å². The smallest absolute Gasteiger partial charge is 0.255 e. The minimum atomic E-state index is -3.87. The second kappa shape index (κ2) is 8.98. The van der Waals surface area contributed by atoms with E-state index < -0.39 is 38.4 Å². The fourth-order valence-corrected chi connectivity index (χ4v) is 8.54. The number of rotatable bonds is 6. The number of hydrogen-bond acceptors (Lipinski definition) is 4. The Hall–Kier alpha value is -2.85. The van der Waals surface area contributed by atoms with Gasteiger partial charge < -0.3 is 9.88 Å². The molecule has 1 N–H and O–H groups in total. The van der Waals surface area contributed by atoms with E-state index in [9.17, 15) is 26.4 Å². The van der Waals surface area contributed by atoms with Crippen LogP contribution in [-0.4, -0.2) is 29.1 Å². The number of carbonyl (C=O) groups is 1. The summed E-state index contributed by atoms with van der Waals surface area (Å²) in [6.45, 7) is 0.689. The lowest BCUT2D eigenvalue weighted by Gasteiger charge is -2.23. The summed E-state index contributed by atoms with van der Waals surface area (Å²) in [5.41, 5.74) is -0.361. The van der Waals surface area contributed by atoms with Gasteiger partial charge >= 0.3 is 0 Å². The quantitative estimate of drug-likeness (QED) is 0.456. The molecule has 1 amide bonds. The summed E-state index contributed by atoms with van der Waals surface area (Å²) in [5, 5.41) is 1.66. The zero-order chi connectivity index (χ0) is 24.9. The van der Waals surface area contributed by atoms with Crippen molar-refractivity contribution in [2.45, 2.75) is 36.0 Å². The topological polar surface area (TPSA) is 81.1 Å². The van der Waals surface area contributed by atoms with Crippen molar-refractivity contribution in [1.82, 2.24) is 9.55 Å². The van der Waals surface area contributed by atoms with Crippen molar-refractivity contribution in [3.8, 4) is 0 Å². The monoisotopic (exact) mass is 523 g/mol. The number of sulfone groups is 1. The molecule has 2 unspecified atom stereocenters. The highest BCUT2D eigenvalue weighted by Crippen LogP contribution is 2.53. The Balaban J connectivity index is 1.40. The summed E-state index contributed by atoms with van der Waals surface area (Å²) in [6.07, 6.45) is 7.65. The average molecular weight is 524 g/mol. The Morgan fingerprint density at radius 2 is 1.89 bits per heavy atom. The van der Waals surface area contributed by atoms with Gasteiger partial charge in [0.2, 0.25) is 0 Å². The molecule has 1 aromatic heterocycles. The van der Waals surface area contributed by atoms with Crippen LogP contribution in [0.25, 0.3) is 0 Å². The maximum absolute atomic E-state index is 13.7. The van der Waals surface area contributed by atoms with Gasteiger partial charge in [-0.1, -0.05) is 11.6 Å². The lowest BCUT2D eigenvalue weighted by Crippen LogP contribution is -2.28. The van der Waals surface area contributed by atoms with E-state index in [2.05, 4.69) is 10.3 Å². The summed E-state index contributed by atoms with van der Waals surface area (Å²) < 4.78 is 69.7. The Labute approximate surface area is 205 Å². The van der Waals surface area contributed by atoms with Gasteiger partial charge in [0.25, 0.3) is 5.91 Å². The Morgan fingerprint density at radius 1 is 1.14 bits per heavy atom. The third-order valence-electron chi connectivity index (χ3n) is 7.07. The Morgan fingerprint density at radius 3 is 2.57 bits per heavy atom. The molecule has 0 spiro atoms. The van der Waals surface area contributed by atoms with Crippen LogP contribution in [0.15, 0.2) is 53.9 Å². The van der Waals surface area contributed by atoms with Gasteiger partial charge in [0.1, 0.15) is 0 Å². The second-order valence-electron chi connectivity index (χ2n) is 9.12. The van der Waals surface area contributed by atoms with Crippen LogP contribution < -0.4 is 5.32 Å². The summed E-state index contributed by atoms with van der Waals surface area (Å²) in [4.78, 5) is 16.6. The van der Waals surface area contributed by atoms with Gasteiger partial charge in [-0.05, 0) is 55.2 Å². The van der Waals surface area contributed by atoms with Gasteiger partial charge in [-0.25, -0.2) is 26.6 Å². The number of nitrogens with zero attached hydrogens (tertiary/aromatic N) is 2. The van der Waals surface area contributed by atoms with E-state index in [0.717, 1.165) is 19.3 Å². The van der Waals surface area contributed by atoms with Crippen LogP contribution in [0.2, 0.25) is 5.02 Å². The molecule has 3 aromatic rings. The molecule has 5 rings (SSSR count). The molecule has 6 nitrogen and oxygen atoms in total. The number of benzene rings is 2. The molecule has 1 heterocycles. The number of imidazole rings is 1. The largest absolute Gasteiger partial charge is 0.337 e. The second-order valence-corrected chi connectivity index (χ2v) is 11.6. The van der Waals surface area contributed by atoms with Crippen molar-refractivity contribution in [3.63, 3.8) is 0 Å². The van der Waals surface area contributed by atoms with Gasteiger partial charge in [0.05, 0.1) is 21.5 Å². The number of nitrogens with one attached hydrogen (secondary N) is 1. The Kier molecular flexibility index (Phi) is 6.13. The van der Waals surface area contributed by atoms with E-state index >= 15 is 0 Å². The molecule has 35 heavy (non-hydrogen) atoms. The highest BCUT2D eigenvalue weighted by molar-refractivity contribution is 7.92. The standard InChI is InChI=1S/C24H21ClF3N3O3S/c25-18-4-2-14(24(32)30-16-9-19(26)22(28)20(27)10-16)8-21(18)35(33,34)23-13-1-3-17(23)15(7-13)11-31-6-5-29-12-31/h2,4-6,8-10,12-13,15,17,23H,1,3,7,11H2,(H,30,32)/t13-,15+,17?,23?/m0/s1. The molecule has 2 aliphatic carbocycles. The van der Waals surface area contributed by atoms with Crippen LogP contribution in [0.1, 0.15) is 29.6 Å². The maximum Gasteiger partial charge on any atom is 0.255 e. The predicted octanol–water partition coefficient (Wildman–Crippen LogP) is 5.09. The first kappa shape index (κ1) is 23.9. The molecule has 184 valence electrons. The number of aromatic nitrogens is 2. The van der Waals surface area contributed by atoms with Gasteiger partial charge in [0, 0.05) is 42.3 Å². The number of anilines is 1. The number of amides is 1. The number of fused-ring (bicyclic) bond motifs is 2. The van der Waals surface area contributed by atoms with Crippen LogP contribution in [0.3, 0.4) is 0 Å². The highest BCUT2D eigenvalue weighted by atomic mass is 35.5. The van der Waals surface area contributed by atoms with E-state index in [4.69, 9.17) is 11.6 Å². The molecule has 2 aliphatic rings. The van der Waals surface area contributed by atoms with Gasteiger partial charge in [0.15, 0.2) is 27.3 Å². The number of halogens is 4. The van der Waals surface area contributed by atoms with Crippen molar-refractivity contribution >= 4 is 33.0 Å². The average Bonchev–Trinajstić information content (AvgIpc) is 3.54. The molecular weight excluding hydrogens is 503 g/mol. The fraction of sp³-hybridized carbons (Fsp3) is 0.333. The molecule has 2 bridgehead atoms. The van der Waals surface area contributed by atoms with Crippen LogP contribution in [0.4, 0.5) is 18.9 Å². The van der Waals surface area contributed by atoms with Gasteiger partial charge in [-0.15, -0.1) is 0 Å². The van der Waals surface area contributed by atoms with E-state index in [1.807, 2.05) is 10.8 Å². The molecular formula is C24H21ClF3N3O3S. The van der Waals surface area contributed by atoms with E-state index in [0.29, 0.717) is 18.7 Å². The molecule has 0 saturated heterocycles. The minimum absolute atomic E-state index is 0.00196. The summed E-state index contributed by atoms with van der Waals surface area (Å²) in [6, 6.07) is 5.10. The lowest BCUT2D eigenvalue weighted by atomic mass is 9.89. The van der Waals surface area contributed by atoms with Crippen LogP contribution in [-0.2, 0) is 16.4 Å². The number of hydrogen-bond donors (Lipinski definition) is 1. The van der Waals surface area contributed by atoms with Crippen molar-refractivity contribution in [3.05, 3.63) is 77.1 Å². The number of carbonyl (C=O) groups excluding carboxylic acids is 1. The van der Waals surface area contributed by atoms with Gasteiger partial charge in [-0.3, -0.25) is 4.79 Å². The van der Waals surface area contributed by atoms with Gasteiger partial charge in [-0.2, -0.15) is 0 Å². The van der Waals surface area contributed by atoms with E-state index in [1.165, 1.54) is 18.2 Å². The summed E-state index contributed by atoms with van der Waals surface area (Å²) >= 11 is 6.29. The first-order chi connectivity index (χ1) is 16.6. The molecule has 2 saturated carbocycles. The van der Waals surface area contributed by atoms with Crippen LogP contribution in [0, 0.1) is 35.2 Å². The fourth-order valence-electron chi connectivity index (χ4n) is 5.60. The normalized spacial score (nSPS) is 23.5. The molecule has 0 radical (unpaired) electrons. The third kappa shape index (κ3) is 4.33. The SMILES string of the molecule is O=C(Nc1cc(F)c(F)c(F)c1)c1ccc(Cl)c(S(=O)(=O)C2C3CC[C@H]2C[C@@H]3Cn2ccnc2)c1. The molecule has 4 atom stereocenters. The first-order valence-electron chi connectivity index (χ1n) is 11.1. The van der Waals surface area contributed by atoms with Crippen molar-refractivity contribution in [2.24, 2.45) is 17.8 Å². The highest BCUT2D eigenvalue weighted by Gasteiger charge is 2.54.